The lowest BCUT2D eigenvalue weighted by Crippen LogP contribution is -2.62. The Bertz CT molecular complexity index is 1260. The quantitative estimate of drug-likeness (QED) is 0.115. The van der Waals surface area contributed by atoms with E-state index in [0.29, 0.717) is 37.0 Å². The Labute approximate surface area is 240 Å². The first kappa shape index (κ1) is 28.6. The summed E-state index contributed by atoms with van der Waals surface area (Å²) < 4.78 is 29.8. The van der Waals surface area contributed by atoms with Gasteiger partial charge in [-0.1, -0.05) is 53.4 Å². The fraction of sp³-hybridized carbons (Fsp3) is 0.469. The second-order valence-corrected chi connectivity index (χ2v) is 12.1. The SMILES string of the molecule is O=C(CCCCCCCCCC[N+]12Cc3cccc[n+]3C1[n+]1ccccc1C2)CCc1ccc(NS(=O)[O-])cc1. The number of pyridine rings is 2. The van der Waals surface area contributed by atoms with Crippen molar-refractivity contribution in [2.45, 2.75) is 90.0 Å². The molecule has 2 aliphatic heterocycles. The summed E-state index contributed by atoms with van der Waals surface area (Å²) in [4.78, 5) is 12.3. The molecule has 1 atom stereocenters. The number of Topliss-reactive ketones (excluding diaryl/α,β-unsaturated/α-hetero) is 1. The minimum absolute atomic E-state index is 0.318. The van der Waals surface area contributed by atoms with Crippen molar-refractivity contribution < 1.29 is 27.2 Å². The van der Waals surface area contributed by atoms with E-state index < -0.39 is 11.3 Å². The predicted molar refractivity (Wildman–Crippen MR) is 154 cm³/mol. The standard InChI is InChI=1S/C32H42N4O3S/c37-31(21-18-27-16-19-28(20-17-27)33-40(38)39)15-7-5-3-1-2-4-6-12-24-36-25-29-13-8-10-22-34(29)32(36)35-23-11-9-14-30(35)26-36/h8-11,13-14,16-17,19-20,22-23,32-33H,1-7,12,15,18,21,24-26H2/q+2. The molecule has 7 nitrogen and oxygen atoms in total. The predicted octanol–water partition coefficient (Wildman–Crippen LogP) is 5.03. The summed E-state index contributed by atoms with van der Waals surface area (Å²) in [7, 11) is 0. The van der Waals surface area contributed by atoms with Gasteiger partial charge < -0.3 is 9.27 Å². The summed E-state index contributed by atoms with van der Waals surface area (Å²) >= 11 is -2.31. The fourth-order valence-corrected chi connectivity index (χ4v) is 6.88. The van der Waals surface area contributed by atoms with Gasteiger partial charge in [0.2, 0.25) is 11.4 Å². The number of ketones is 1. The molecule has 3 aromatic rings. The largest absolute Gasteiger partial charge is 0.755 e. The monoisotopic (exact) mass is 562 g/mol. The van der Waals surface area contributed by atoms with Gasteiger partial charge in [-0.25, -0.2) is 0 Å². The molecule has 0 spiro atoms. The van der Waals surface area contributed by atoms with Crippen LogP contribution in [-0.4, -0.2) is 25.6 Å². The van der Waals surface area contributed by atoms with E-state index >= 15 is 0 Å². The highest BCUT2D eigenvalue weighted by Crippen LogP contribution is 2.34. The van der Waals surface area contributed by atoms with E-state index in [-0.39, 0.29) is 0 Å². The molecule has 0 fully saturated rings. The van der Waals surface area contributed by atoms with Crippen molar-refractivity contribution in [3.63, 3.8) is 0 Å². The molecule has 2 aliphatic rings. The highest BCUT2D eigenvalue weighted by Gasteiger charge is 2.63. The number of nitrogens with one attached hydrogen (secondary N) is 1. The van der Waals surface area contributed by atoms with Gasteiger partial charge >= 0.3 is 6.29 Å². The number of aryl methyl sites for hydroxylation is 1. The Kier molecular flexibility index (Phi) is 9.73. The third kappa shape index (κ3) is 7.03. The van der Waals surface area contributed by atoms with Crippen molar-refractivity contribution in [1.29, 1.82) is 0 Å². The van der Waals surface area contributed by atoms with Crippen LogP contribution in [0, 0.1) is 0 Å². The normalized spacial score (nSPS) is 19.6. The maximum Gasteiger partial charge on any atom is 0.484 e. The van der Waals surface area contributed by atoms with E-state index in [1.807, 2.05) is 12.1 Å². The molecule has 0 aliphatic carbocycles. The summed E-state index contributed by atoms with van der Waals surface area (Å²) in [6.45, 7) is 3.45. The number of rotatable bonds is 16. The van der Waals surface area contributed by atoms with E-state index in [4.69, 9.17) is 0 Å². The van der Waals surface area contributed by atoms with E-state index in [1.165, 1.54) is 56.5 Å². The number of carbonyl (C=O) groups is 1. The molecule has 2 aromatic heterocycles. The molecular formula is C32H42N4O3S+2. The van der Waals surface area contributed by atoms with E-state index in [9.17, 15) is 13.6 Å². The molecule has 0 radical (unpaired) electrons. The molecular weight excluding hydrogens is 520 g/mol. The van der Waals surface area contributed by atoms with Crippen LogP contribution >= 0.6 is 0 Å². The third-order valence-electron chi connectivity index (χ3n) is 8.55. The van der Waals surface area contributed by atoms with Crippen molar-refractivity contribution in [2.75, 3.05) is 11.3 Å². The Balaban J connectivity index is 0.931. The summed E-state index contributed by atoms with van der Waals surface area (Å²) in [5, 5.41) is 0. The van der Waals surface area contributed by atoms with Gasteiger partial charge in [0.25, 0.3) is 0 Å². The van der Waals surface area contributed by atoms with E-state index in [1.54, 1.807) is 12.1 Å². The number of benzene rings is 1. The van der Waals surface area contributed by atoms with Crippen LogP contribution in [0.5, 0.6) is 0 Å². The molecule has 5 rings (SSSR count). The second-order valence-electron chi connectivity index (χ2n) is 11.5. The van der Waals surface area contributed by atoms with Crippen LogP contribution in [0.3, 0.4) is 0 Å². The molecule has 1 unspecified atom stereocenters. The summed E-state index contributed by atoms with van der Waals surface area (Å²) in [6, 6.07) is 20.4. The lowest BCUT2D eigenvalue weighted by Gasteiger charge is -2.24. The Hall–Kier alpha value is -2.94. The number of aromatic nitrogens is 2. The molecule has 0 saturated carbocycles. The summed E-state index contributed by atoms with van der Waals surface area (Å²) in [6.07, 6.45) is 16.5. The zero-order valence-electron chi connectivity index (χ0n) is 23.4. The Morgan fingerprint density at radius 2 is 1.38 bits per heavy atom. The minimum Gasteiger partial charge on any atom is -0.755 e. The number of carbonyl (C=O) groups excluding carboxylic acids is 1. The van der Waals surface area contributed by atoms with Gasteiger partial charge in [0.05, 0.1) is 6.54 Å². The molecule has 8 heteroatoms. The molecule has 0 bridgehead atoms. The first-order chi connectivity index (χ1) is 19.5. The molecule has 0 saturated heterocycles. The first-order valence-electron chi connectivity index (χ1n) is 14.8. The van der Waals surface area contributed by atoms with Crippen LogP contribution in [-0.2, 0) is 35.6 Å². The lowest BCUT2D eigenvalue weighted by molar-refractivity contribution is -1.16. The highest BCUT2D eigenvalue weighted by atomic mass is 32.2. The van der Waals surface area contributed by atoms with Gasteiger partial charge in [0.15, 0.2) is 25.5 Å². The smallest absolute Gasteiger partial charge is 0.484 e. The van der Waals surface area contributed by atoms with Crippen LogP contribution in [0.2, 0.25) is 0 Å². The number of unbranched alkanes of at least 4 members (excludes halogenated alkanes) is 7. The van der Waals surface area contributed by atoms with Gasteiger partial charge in [-0.3, -0.25) is 9.00 Å². The van der Waals surface area contributed by atoms with Gasteiger partial charge in [-0.15, -0.1) is 0 Å². The average Bonchev–Trinajstić information content (AvgIpc) is 3.44. The van der Waals surface area contributed by atoms with Crippen molar-refractivity contribution in [3.8, 4) is 0 Å². The number of anilines is 1. The summed E-state index contributed by atoms with van der Waals surface area (Å²) in [5.41, 5.74) is 4.47. The van der Waals surface area contributed by atoms with Gasteiger partial charge in [-0.05, 0) is 55.5 Å². The Morgan fingerprint density at radius 1 is 0.800 bits per heavy atom. The van der Waals surface area contributed by atoms with Crippen LogP contribution in [0.25, 0.3) is 0 Å². The van der Waals surface area contributed by atoms with E-state index in [0.717, 1.165) is 36.0 Å². The maximum absolute atomic E-state index is 12.3. The highest BCUT2D eigenvalue weighted by molar-refractivity contribution is 7.80. The fourth-order valence-electron chi connectivity index (χ4n) is 6.55. The topological polar surface area (TPSA) is 77.0 Å². The number of quaternary nitrogens is 1. The Morgan fingerprint density at radius 3 is 1.98 bits per heavy atom. The molecule has 0 amide bonds. The van der Waals surface area contributed by atoms with Gasteiger partial charge in [0, 0.05) is 54.1 Å². The number of nitrogens with zero attached hydrogens (tertiary/aromatic N) is 3. The zero-order valence-corrected chi connectivity index (χ0v) is 24.2. The van der Waals surface area contributed by atoms with Crippen LogP contribution in [0.4, 0.5) is 5.69 Å². The number of hydrogen-bond donors (Lipinski definition) is 1. The summed E-state index contributed by atoms with van der Waals surface area (Å²) in [5.74, 6) is 0.318. The molecule has 1 aromatic carbocycles. The van der Waals surface area contributed by atoms with Crippen molar-refractivity contribution in [1.82, 2.24) is 0 Å². The molecule has 4 heterocycles. The second kappa shape index (κ2) is 13.6. The number of fused-ring (bicyclic) bond motifs is 5. The third-order valence-corrected chi connectivity index (χ3v) is 8.96. The van der Waals surface area contributed by atoms with Gasteiger partial charge in [-0.2, -0.15) is 4.48 Å². The zero-order chi connectivity index (χ0) is 27.8. The minimum atomic E-state index is -2.31. The molecule has 40 heavy (non-hydrogen) atoms. The van der Waals surface area contributed by atoms with Crippen molar-refractivity contribution in [2.24, 2.45) is 0 Å². The van der Waals surface area contributed by atoms with Crippen LogP contribution in [0.15, 0.2) is 73.1 Å². The lowest BCUT2D eigenvalue weighted by atomic mass is 10.0. The molecule has 1 N–H and O–H groups in total. The van der Waals surface area contributed by atoms with Crippen molar-refractivity contribution in [3.05, 3.63) is 90.0 Å². The number of hydrogen-bond acceptors (Lipinski definition) is 3. The van der Waals surface area contributed by atoms with Gasteiger partial charge in [0.1, 0.15) is 5.78 Å². The van der Waals surface area contributed by atoms with Crippen LogP contribution in [0.1, 0.15) is 87.4 Å². The van der Waals surface area contributed by atoms with Crippen LogP contribution < -0.4 is 13.9 Å². The average molecular weight is 563 g/mol. The maximum atomic E-state index is 12.3. The van der Waals surface area contributed by atoms with E-state index in [2.05, 4.69) is 62.6 Å². The first-order valence-corrected chi connectivity index (χ1v) is 15.9. The van der Waals surface area contributed by atoms with Crippen molar-refractivity contribution >= 4 is 22.7 Å². The molecule has 212 valence electrons.